The molecule has 2 atom stereocenters. The molecule has 0 bridgehead atoms. The molecule has 0 saturated heterocycles. The van der Waals surface area contributed by atoms with Crippen LogP contribution in [0.15, 0.2) is 42.9 Å². The van der Waals surface area contributed by atoms with E-state index < -0.39 is 11.4 Å². The summed E-state index contributed by atoms with van der Waals surface area (Å²) in [5.41, 5.74) is 4.58. The third kappa shape index (κ3) is 6.18. The fourth-order valence-corrected chi connectivity index (χ4v) is 5.10. The Hall–Kier alpha value is -3.26. The summed E-state index contributed by atoms with van der Waals surface area (Å²) in [5.74, 6) is -0.0955. The minimum atomic E-state index is -0.928. The third-order valence-electron chi connectivity index (χ3n) is 7.67. The summed E-state index contributed by atoms with van der Waals surface area (Å²) in [7, 11) is 0. The van der Waals surface area contributed by atoms with Gasteiger partial charge in [-0.1, -0.05) is 30.3 Å². The number of benzene rings is 1. The van der Waals surface area contributed by atoms with Gasteiger partial charge in [0, 0.05) is 44.1 Å². The lowest BCUT2D eigenvalue weighted by Crippen LogP contribution is -2.33. The van der Waals surface area contributed by atoms with Crippen LogP contribution >= 0.6 is 0 Å². The maximum Gasteiger partial charge on any atom is 0.309 e. The second kappa shape index (κ2) is 11.4. The van der Waals surface area contributed by atoms with Crippen LogP contribution in [0.4, 0.5) is 0 Å². The molecule has 37 heavy (non-hydrogen) atoms. The van der Waals surface area contributed by atoms with Crippen molar-refractivity contribution in [3.8, 4) is 5.75 Å². The lowest BCUT2D eigenvalue weighted by molar-refractivity contribution is -0.148. The number of carbonyl (C=O) groups is 1. The highest BCUT2D eigenvalue weighted by Gasteiger charge is 2.38. The first-order valence-corrected chi connectivity index (χ1v) is 13.2. The van der Waals surface area contributed by atoms with E-state index in [1.807, 2.05) is 45.4 Å². The molecule has 1 N–H and O–H groups in total. The summed E-state index contributed by atoms with van der Waals surface area (Å²) >= 11 is 0. The summed E-state index contributed by atoms with van der Waals surface area (Å²) < 4.78 is 8.04. The Bertz CT molecular complexity index is 1220. The Morgan fingerprint density at radius 2 is 2.08 bits per heavy atom. The van der Waals surface area contributed by atoms with Crippen LogP contribution in [-0.4, -0.2) is 48.6 Å². The summed E-state index contributed by atoms with van der Waals surface area (Å²) in [6, 6.07) is 8.47. The molecule has 8 heteroatoms. The smallest absolute Gasteiger partial charge is 0.309 e. The molecule has 4 rings (SSSR count). The Morgan fingerprint density at radius 1 is 1.27 bits per heavy atom. The van der Waals surface area contributed by atoms with Crippen LogP contribution in [0.5, 0.6) is 5.75 Å². The van der Waals surface area contributed by atoms with E-state index in [1.54, 1.807) is 4.68 Å². The van der Waals surface area contributed by atoms with E-state index in [9.17, 15) is 9.90 Å². The van der Waals surface area contributed by atoms with E-state index in [0.29, 0.717) is 12.8 Å². The van der Waals surface area contributed by atoms with Gasteiger partial charge >= 0.3 is 5.97 Å². The van der Waals surface area contributed by atoms with Gasteiger partial charge in [0.2, 0.25) is 0 Å². The number of aliphatic carboxylic acids is 1. The van der Waals surface area contributed by atoms with E-state index in [0.717, 1.165) is 55.2 Å². The number of hydrogen-bond acceptors (Lipinski definition) is 6. The second-order valence-electron chi connectivity index (χ2n) is 10.7. The van der Waals surface area contributed by atoms with Gasteiger partial charge in [0.15, 0.2) is 0 Å². The monoisotopic (exact) mass is 505 g/mol. The maximum atomic E-state index is 12.3. The molecule has 1 unspecified atom stereocenters. The van der Waals surface area contributed by atoms with Gasteiger partial charge < -0.3 is 9.84 Å². The Labute approximate surface area is 219 Å². The Kier molecular flexibility index (Phi) is 8.27. The minimum Gasteiger partial charge on any atom is -0.487 e. The number of aromatic nitrogens is 4. The fraction of sp³-hybridized carbons (Fsp3) is 0.517. The predicted molar refractivity (Wildman–Crippen MR) is 142 cm³/mol. The quantitative estimate of drug-likeness (QED) is 0.414. The van der Waals surface area contributed by atoms with E-state index >= 15 is 0 Å². The highest BCUT2D eigenvalue weighted by atomic mass is 16.5. The molecule has 0 radical (unpaired) electrons. The number of hydrogen-bond donors (Lipinski definition) is 1. The topological polar surface area (TPSA) is 93.4 Å². The Morgan fingerprint density at radius 3 is 2.78 bits per heavy atom. The lowest BCUT2D eigenvalue weighted by atomic mass is 9.72. The van der Waals surface area contributed by atoms with Crippen LogP contribution < -0.4 is 4.74 Å². The summed E-state index contributed by atoms with van der Waals surface area (Å²) in [4.78, 5) is 19.0. The third-order valence-corrected chi connectivity index (χ3v) is 7.67. The SMILES string of the molecule is CC[C@@H]1CN(Cc2cc(C(CCc3cn(CC)nn3)C(C)(C)C(=O)O)ccc2C)Cc2ccncc2O1. The highest BCUT2D eigenvalue weighted by Crippen LogP contribution is 2.40. The molecule has 1 aliphatic rings. The summed E-state index contributed by atoms with van der Waals surface area (Å²) in [6.07, 6.45) is 7.95. The summed E-state index contributed by atoms with van der Waals surface area (Å²) in [6.45, 7) is 13.1. The summed E-state index contributed by atoms with van der Waals surface area (Å²) in [5, 5.41) is 18.5. The number of aryl methyl sites for hydroxylation is 3. The highest BCUT2D eigenvalue weighted by molar-refractivity contribution is 5.75. The zero-order valence-electron chi connectivity index (χ0n) is 22.6. The average Bonchev–Trinajstić information content (AvgIpc) is 3.26. The van der Waals surface area contributed by atoms with Crippen molar-refractivity contribution in [1.82, 2.24) is 24.9 Å². The average molecular weight is 506 g/mol. The van der Waals surface area contributed by atoms with Gasteiger partial charge in [-0.2, -0.15) is 0 Å². The molecule has 2 aromatic heterocycles. The molecular formula is C29H39N5O3. The van der Waals surface area contributed by atoms with Gasteiger partial charge in [-0.05, 0) is 75.6 Å². The number of carboxylic acids is 1. The largest absolute Gasteiger partial charge is 0.487 e. The lowest BCUT2D eigenvalue weighted by Gasteiger charge is -2.32. The van der Waals surface area contributed by atoms with Gasteiger partial charge in [0.25, 0.3) is 0 Å². The molecule has 0 fully saturated rings. The second-order valence-corrected chi connectivity index (χ2v) is 10.7. The molecule has 1 aliphatic heterocycles. The van der Waals surface area contributed by atoms with Crippen molar-refractivity contribution >= 4 is 5.97 Å². The van der Waals surface area contributed by atoms with Crippen molar-refractivity contribution in [2.75, 3.05) is 6.54 Å². The van der Waals surface area contributed by atoms with Crippen molar-refractivity contribution in [3.63, 3.8) is 0 Å². The molecule has 0 spiro atoms. The van der Waals surface area contributed by atoms with E-state index in [4.69, 9.17) is 4.74 Å². The van der Waals surface area contributed by atoms with Gasteiger partial charge in [-0.15, -0.1) is 5.10 Å². The van der Waals surface area contributed by atoms with E-state index in [1.165, 1.54) is 11.1 Å². The first kappa shape index (κ1) is 26.8. The molecule has 8 nitrogen and oxygen atoms in total. The van der Waals surface area contributed by atoms with Gasteiger partial charge in [-0.3, -0.25) is 19.4 Å². The van der Waals surface area contributed by atoms with Crippen LogP contribution in [0, 0.1) is 12.3 Å². The van der Waals surface area contributed by atoms with Gasteiger partial charge in [0.05, 0.1) is 17.3 Å². The molecule has 0 saturated carbocycles. The molecule has 0 amide bonds. The normalized spacial score (nSPS) is 17.1. The molecule has 198 valence electrons. The van der Waals surface area contributed by atoms with Crippen molar-refractivity contribution < 1.29 is 14.6 Å². The first-order valence-electron chi connectivity index (χ1n) is 13.2. The van der Waals surface area contributed by atoms with Crippen molar-refractivity contribution in [3.05, 3.63) is 70.8 Å². The fourth-order valence-electron chi connectivity index (χ4n) is 5.10. The first-order chi connectivity index (χ1) is 17.7. The zero-order chi connectivity index (χ0) is 26.6. The van der Waals surface area contributed by atoms with E-state index in [-0.39, 0.29) is 12.0 Å². The van der Waals surface area contributed by atoms with Crippen molar-refractivity contribution in [1.29, 1.82) is 0 Å². The zero-order valence-corrected chi connectivity index (χ0v) is 22.6. The van der Waals surface area contributed by atoms with Crippen LogP contribution in [0.2, 0.25) is 0 Å². The van der Waals surface area contributed by atoms with E-state index in [2.05, 4.69) is 52.2 Å². The standard InChI is InChI=1S/C29H39N5O3/c1-6-25-19-33(16-22-12-13-30-15-27(22)37-25)17-23-14-21(9-8-20(23)3)26(29(4,5)28(35)36)11-10-24-18-34(7-2)32-31-24/h8-9,12-15,18,25-26H,6-7,10-11,16-17,19H2,1-5H3,(H,35,36)/t25-,26?/m1/s1. The van der Waals surface area contributed by atoms with Crippen LogP contribution in [0.3, 0.4) is 0 Å². The molecule has 1 aromatic carbocycles. The van der Waals surface area contributed by atoms with Gasteiger partial charge in [-0.25, -0.2) is 0 Å². The predicted octanol–water partition coefficient (Wildman–Crippen LogP) is 5.00. The number of pyridine rings is 1. The van der Waals surface area contributed by atoms with Crippen molar-refractivity contribution in [2.45, 2.75) is 85.5 Å². The molecule has 0 aliphatic carbocycles. The van der Waals surface area contributed by atoms with Crippen LogP contribution in [-0.2, 0) is 30.8 Å². The van der Waals surface area contributed by atoms with Crippen LogP contribution in [0.25, 0.3) is 0 Å². The minimum absolute atomic E-state index is 0.101. The van der Waals surface area contributed by atoms with Crippen molar-refractivity contribution in [2.24, 2.45) is 5.41 Å². The maximum absolute atomic E-state index is 12.3. The molecular weight excluding hydrogens is 466 g/mol. The number of ether oxygens (including phenoxy) is 1. The number of nitrogens with zero attached hydrogens (tertiary/aromatic N) is 5. The van der Waals surface area contributed by atoms with Crippen LogP contribution in [0.1, 0.15) is 74.4 Å². The molecule has 3 aromatic rings. The number of fused-ring (bicyclic) bond motifs is 1. The number of rotatable bonds is 10. The van der Waals surface area contributed by atoms with Gasteiger partial charge in [0.1, 0.15) is 11.9 Å². The molecule has 3 heterocycles. The Balaban J connectivity index is 1.60. The number of carboxylic acid groups (broad SMARTS) is 1.